The fraction of sp³-hybridized carbons (Fsp3) is 0.400. The van der Waals surface area contributed by atoms with Crippen molar-refractivity contribution in [3.63, 3.8) is 0 Å². The SMILES string of the molecule is Cc1cc(C)cc(-n2c(SCC(=O)O)nnc2C2CC2)c1. The number of carbonyl (C=O) groups is 1. The smallest absolute Gasteiger partial charge is 0.313 e. The third-order valence-electron chi connectivity index (χ3n) is 3.39. The number of hydrogen-bond acceptors (Lipinski definition) is 4. The summed E-state index contributed by atoms with van der Waals surface area (Å²) in [6.07, 6.45) is 2.26. The molecule has 21 heavy (non-hydrogen) atoms. The van der Waals surface area contributed by atoms with Gasteiger partial charge < -0.3 is 5.11 Å². The molecule has 0 atom stereocenters. The molecule has 1 aliphatic carbocycles. The Morgan fingerprint density at radius 3 is 2.52 bits per heavy atom. The van der Waals surface area contributed by atoms with Gasteiger partial charge in [0.05, 0.1) is 5.75 Å². The van der Waals surface area contributed by atoms with Crippen LogP contribution >= 0.6 is 11.8 Å². The lowest BCUT2D eigenvalue weighted by Crippen LogP contribution is -2.05. The van der Waals surface area contributed by atoms with Gasteiger partial charge in [-0.25, -0.2) is 0 Å². The summed E-state index contributed by atoms with van der Waals surface area (Å²) in [6.45, 7) is 4.11. The molecule has 0 aliphatic heterocycles. The lowest BCUT2D eigenvalue weighted by molar-refractivity contribution is -0.133. The molecular weight excluding hydrogens is 286 g/mol. The molecule has 1 heterocycles. The van der Waals surface area contributed by atoms with Crippen LogP contribution in [0.1, 0.15) is 35.7 Å². The molecule has 2 aromatic rings. The van der Waals surface area contributed by atoms with Crippen LogP contribution in [0.3, 0.4) is 0 Å². The van der Waals surface area contributed by atoms with Gasteiger partial charge in [0.15, 0.2) is 5.16 Å². The monoisotopic (exact) mass is 303 g/mol. The molecule has 0 unspecified atom stereocenters. The van der Waals surface area contributed by atoms with Crippen LogP contribution in [0, 0.1) is 13.8 Å². The van der Waals surface area contributed by atoms with Gasteiger partial charge in [0, 0.05) is 11.6 Å². The second kappa shape index (κ2) is 5.52. The van der Waals surface area contributed by atoms with Crippen molar-refractivity contribution in [2.45, 2.75) is 37.8 Å². The highest BCUT2D eigenvalue weighted by atomic mass is 32.2. The lowest BCUT2D eigenvalue weighted by atomic mass is 10.1. The number of nitrogens with zero attached hydrogens (tertiary/aromatic N) is 3. The minimum absolute atomic E-state index is 0.00635. The van der Waals surface area contributed by atoms with E-state index < -0.39 is 5.97 Å². The minimum Gasteiger partial charge on any atom is -0.481 e. The van der Waals surface area contributed by atoms with Crippen molar-refractivity contribution < 1.29 is 9.90 Å². The van der Waals surface area contributed by atoms with Gasteiger partial charge in [-0.05, 0) is 49.9 Å². The van der Waals surface area contributed by atoms with Gasteiger partial charge in [0.2, 0.25) is 0 Å². The third kappa shape index (κ3) is 3.10. The molecule has 0 saturated heterocycles. The molecule has 6 heteroatoms. The van der Waals surface area contributed by atoms with Gasteiger partial charge in [0.25, 0.3) is 0 Å². The number of carboxylic acid groups (broad SMARTS) is 1. The lowest BCUT2D eigenvalue weighted by Gasteiger charge is -2.11. The van der Waals surface area contributed by atoms with Crippen molar-refractivity contribution in [3.8, 4) is 5.69 Å². The molecule has 1 aromatic heterocycles. The Kier molecular flexibility index (Phi) is 3.71. The standard InChI is InChI=1S/C15H17N3O2S/c1-9-5-10(2)7-12(6-9)18-14(11-3-4-11)16-17-15(18)21-8-13(19)20/h5-7,11H,3-4,8H2,1-2H3,(H,19,20). The quantitative estimate of drug-likeness (QED) is 0.860. The van der Waals surface area contributed by atoms with E-state index in [2.05, 4.69) is 42.2 Å². The van der Waals surface area contributed by atoms with E-state index in [1.54, 1.807) is 0 Å². The highest BCUT2D eigenvalue weighted by molar-refractivity contribution is 7.99. The van der Waals surface area contributed by atoms with Gasteiger partial charge >= 0.3 is 5.97 Å². The first kappa shape index (κ1) is 14.1. The highest BCUT2D eigenvalue weighted by Gasteiger charge is 2.31. The van der Waals surface area contributed by atoms with E-state index >= 15 is 0 Å². The molecule has 5 nitrogen and oxygen atoms in total. The molecule has 0 amide bonds. The summed E-state index contributed by atoms with van der Waals surface area (Å²) < 4.78 is 2.02. The van der Waals surface area contributed by atoms with Gasteiger partial charge in [0.1, 0.15) is 5.82 Å². The van der Waals surface area contributed by atoms with E-state index in [-0.39, 0.29) is 5.75 Å². The van der Waals surface area contributed by atoms with E-state index in [1.165, 1.54) is 22.9 Å². The van der Waals surface area contributed by atoms with Crippen molar-refractivity contribution in [1.29, 1.82) is 0 Å². The number of hydrogen-bond donors (Lipinski definition) is 1. The maximum atomic E-state index is 10.8. The second-order valence-electron chi connectivity index (χ2n) is 5.48. The molecule has 1 saturated carbocycles. The van der Waals surface area contributed by atoms with Crippen molar-refractivity contribution in [2.75, 3.05) is 5.75 Å². The van der Waals surface area contributed by atoms with E-state index in [1.807, 2.05) is 4.57 Å². The Bertz CT molecular complexity index is 672. The number of thioether (sulfide) groups is 1. The summed E-state index contributed by atoms with van der Waals surface area (Å²) in [5.74, 6) is 0.557. The maximum Gasteiger partial charge on any atom is 0.313 e. The van der Waals surface area contributed by atoms with E-state index in [0.29, 0.717) is 11.1 Å². The molecule has 0 radical (unpaired) electrons. The first-order valence-electron chi connectivity index (χ1n) is 6.93. The molecule has 3 rings (SSSR count). The number of aliphatic carboxylic acids is 1. The Balaban J connectivity index is 2.04. The van der Waals surface area contributed by atoms with Crippen LogP contribution in [-0.4, -0.2) is 31.6 Å². The summed E-state index contributed by atoms with van der Waals surface area (Å²) in [7, 11) is 0. The molecule has 110 valence electrons. The molecule has 1 N–H and O–H groups in total. The molecule has 0 spiro atoms. The minimum atomic E-state index is -0.844. The molecular formula is C15H17N3O2S. The van der Waals surface area contributed by atoms with Crippen molar-refractivity contribution in [1.82, 2.24) is 14.8 Å². The second-order valence-corrected chi connectivity index (χ2v) is 6.42. The van der Waals surface area contributed by atoms with Gasteiger partial charge in [-0.2, -0.15) is 0 Å². The van der Waals surface area contributed by atoms with E-state index in [4.69, 9.17) is 5.11 Å². The summed E-state index contributed by atoms with van der Waals surface area (Å²) in [6, 6.07) is 6.30. The number of aryl methyl sites for hydroxylation is 2. The van der Waals surface area contributed by atoms with E-state index in [9.17, 15) is 4.79 Å². The predicted octanol–water partition coefficient (Wildman–Crippen LogP) is 2.94. The maximum absolute atomic E-state index is 10.8. The summed E-state index contributed by atoms with van der Waals surface area (Å²) in [5.41, 5.74) is 3.37. The predicted molar refractivity (Wildman–Crippen MR) is 81.2 cm³/mol. The Labute approximate surface area is 127 Å². The first-order chi connectivity index (χ1) is 10.0. The Morgan fingerprint density at radius 2 is 1.95 bits per heavy atom. The average molecular weight is 303 g/mol. The largest absolute Gasteiger partial charge is 0.481 e. The fourth-order valence-corrected chi connectivity index (χ4v) is 3.11. The van der Waals surface area contributed by atoms with Crippen LogP contribution in [0.5, 0.6) is 0 Å². The molecule has 1 aromatic carbocycles. The van der Waals surface area contributed by atoms with Gasteiger partial charge in [-0.3, -0.25) is 9.36 Å². The Morgan fingerprint density at radius 1 is 1.29 bits per heavy atom. The van der Waals surface area contributed by atoms with E-state index in [0.717, 1.165) is 24.4 Å². The van der Waals surface area contributed by atoms with Crippen LogP contribution in [0.2, 0.25) is 0 Å². The van der Waals surface area contributed by atoms with Crippen LogP contribution in [0.25, 0.3) is 5.69 Å². The zero-order valence-corrected chi connectivity index (χ0v) is 12.9. The summed E-state index contributed by atoms with van der Waals surface area (Å²) >= 11 is 1.22. The fourth-order valence-electron chi connectivity index (χ4n) is 2.43. The highest BCUT2D eigenvalue weighted by Crippen LogP contribution is 2.41. The Hall–Kier alpha value is -1.82. The van der Waals surface area contributed by atoms with Crippen LogP contribution in [0.4, 0.5) is 0 Å². The van der Waals surface area contributed by atoms with Gasteiger partial charge in [-0.15, -0.1) is 10.2 Å². The zero-order valence-electron chi connectivity index (χ0n) is 12.0. The van der Waals surface area contributed by atoms with Crippen molar-refractivity contribution >= 4 is 17.7 Å². The number of aromatic nitrogens is 3. The number of rotatable bonds is 5. The number of carboxylic acids is 1. The van der Waals surface area contributed by atoms with Crippen LogP contribution in [-0.2, 0) is 4.79 Å². The third-order valence-corrected chi connectivity index (χ3v) is 4.30. The van der Waals surface area contributed by atoms with Gasteiger partial charge in [-0.1, -0.05) is 17.8 Å². The normalized spacial score (nSPS) is 14.4. The molecule has 1 aliphatic rings. The van der Waals surface area contributed by atoms with Crippen molar-refractivity contribution in [3.05, 3.63) is 35.2 Å². The topological polar surface area (TPSA) is 68.0 Å². The van der Waals surface area contributed by atoms with Crippen LogP contribution < -0.4 is 0 Å². The average Bonchev–Trinajstić information content (AvgIpc) is 3.15. The summed E-state index contributed by atoms with van der Waals surface area (Å²) in [4.78, 5) is 10.8. The molecule has 0 bridgehead atoms. The first-order valence-corrected chi connectivity index (χ1v) is 7.91. The zero-order chi connectivity index (χ0) is 15.0. The van der Waals surface area contributed by atoms with Crippen molar-refractivity contribution in [2.24, 2.45) is 0 Å². The molecule has 1 fully saturated rings. The van der Waals surface area contributed by atoms with Crippen LogP contribution in [0.15, 0.2) is 23.4 Å². The summed E-state index contributed by atoms with van der Waals surface area (Å²) in [5, 5.41) is 18.0. The number of benzene rings is 1.